The number of amides is 1. The van der Waals surface area contributed by atoms with Gasteiger partial charge in [-0.1, -0.05) is 24.6 Å². The van der Waals surface area contributed by atoms with Crippen molar-refractivity contribution >= 4 is 21.7 Å². The number of benzene rings is 2. The van der Waals surface area contributed by atoms with Gasteiger partial charge in [0.25, 0.3) is 5.91 Å². The Morgan fingerprint density at radius 2 is 1.79 bits per heavy atom. The first-order valence-corrected chi connectivity index (χ1v) is 12.5. The SMILES string of the molecule is COc1cccc(Cn2nccc2NC(=O)c2cccc(S(=O)(=O)N3CCCCC3)c2)c1OC. The third-order valence-corrected chi connectivity index (χ3v) is 7.71. The van der Waals surface area contributed by atoms with Gasteiger partial charge >= 0.3 is 0 Å². The normalized spacial score (nSPS) is 14.5. The summed E-state index contributed by atoms with van der Waals surface area (Å²) in [6.45, 7) is 1.35. The maximum atomic E-state index is 13.0. The van der Waals surface area contributed by atoms with Crippen molar-refractivity contribution in [3.63, 3.8) is 0 Å². The minimum absolute atomic E-state index is 0.122. The molecule has 0 unspecified atom stereocenters. The van der Waals surface area contributed by atoms with Gasteiger partial charge in [0.2, 0.25) is 10.0 Å². The summed E-state index contributed by atoms with van der Waals surface area (Å²) < 4.78 is 40.0. The summed E-state index contributed by atoms with van der Waals surface area (Å²) in [5, 5.41) is 7.14. The molecule has 4 rings (SSSR count). The summed E-state index contributed by atoms with van der Waals surface area (Å²) in [5.74, 6) is 1.24. The highest BCUT2D eigenvalue weighted by Crippen LogP contribution is 2.31. The molecule has 1 aliphatic heterocycles. The maximum Gasteiger partial charge on any atom is 0.256 e. The van der Waals surface area contributed by atoms with Gasteiger partial charge in [0.15, 0.2) is 11.5 Å². The number of ether oxygens (including phenoxy) is 2. The van der Waals surface area contributed by atoms with Gasteiger partial charge in [-0.05, 0) is 37.1 Å². The lowest BCUT2D eigenvalue weighted by Gasteiger charge is -2.26. The van der Waals surface area contributed by atoms with E-state index in [1.54, 1.807) is 49.4 Å². The Morgan fingerprint density at radius 1 is 1.03 bits per heavy atom. The topological polar surface area (TPSA) is 103 Å². The standard InChI is InChI=1S/C24H28N4O5S/c1-32-21-11-7-9-19(23(21)33-2)17-28-22(12-13-25-28)26-24(29)18-8-6-10-20(16-18)34(30,31)27-14-4-3-5-15-27/h6-13,16H,3-5,14-15,17H2,1-2H3,(H,26,29). The van der Waals surface area contributed by atoms with Crippen LogP contribution in [-0.4, -0.2) is 55.7 Å². The summed E-state index contributed by atoms with van der Waals surface area (Å²) in [5.41, 5.74) is 1.08. The van der Waals surface area contributed by atoms with Crippen molar-refractivity contribution in [1.82, 2.24) is 14.1 Å². The Kier molecular flexibility index (Phi) is 7.18. The number of methoxy groups -OCH3 is 2. The second kappa shape index (κ2) is 10.3. The van der Waals surface area contributed by atoms with Gasteiger partial charge in [0, 0.05) is 30.3 Å². The highest BCUT2D eigenvalue weighted by molar-refractivity contribution is 7.89. The molecule has 1 aliphatic rings. The number of hydrogen-bond acceptors (Lipinski definition) is 6. The number of carbonyl (C=O) groups excluding carboxylic acids is 1. The lowest BCUT2D eigenvalue weighted by Crippen LogP contribution is -2.35. The number of anilines is 1. The first-order valence-electron chi connectivity index (χ1n) is 11.1. The third kappa shape index (κ3) is 4.92. The Labute approximate surface area is 199 Å². The van der Waals surface area contributed by atoms with Gasteiger partial charge in [-0.3, -0.25) is 4.79 Å². The van der Waals surface area contributed by atoms with E-state index in [0.717, 1.165) is 24.8 Å². The molecular weight excluding hydrogens is 456 g/mol. The Balaban J connectivity index is 1.53. The maximum absolute atomic E-state index is 13.0. The minimum Gasteiger partial charge on any atom is -0.493 e. The summed E-state index contributed by atoms with van der Waals surface area (Å²) in [7, 11) is -0.495. The second-order valence-corrected chi connectivity index (χ2v) is 9.91. The molecule has 1 aromatic heterocycles. The molecule has 180 valence electrons. The van der Waals surface area contributed by atoms with Crippen molar-refractivity contribution in [3.8, 4) is 11.5 Å². The van der Waals surface area contributed by atoms with Crippen LogP contribution in [0.15, 0.2) is 59.6 Å². The lowest BCUT2D eigenvalue weighted by molar-refractivity contribution is 0.102. The molecule has 0 atom stereocenters. The van der Waals surface area contributed by atoms with Gasteiger partial charge in [-0.25, -0.2) is 13.1 Å². The van der Waals surface area contributed by atoms with Crippen LogP contribution in [0.25, 0.3) is 0 Å². The fourth-order valence-electron chi connectivity index (χ4n) is 4.05. The predicted octanol–water partition coefficient (Wildman–Crippen LogP) is 3.38. The number of rotatable bonds is 8. The number of nitrogens with zero attached hydrogens (tertiary/aromatic N) is 3. The van der Waals surface area contributed by atoms with Crippen LogP contribution in [0, 0.1) is 0 Å². The van der Waals surface area contributed by atoms with Crippen LogP contribution >= 0.6 is 0 Å². The molecule has 2 aromatic carbocycles. The molecule has 1 amide bonds. The van der Waals surface area contributed by atoms with Crippen LogP contribution in [-0.2, 0) is 16.6 Å². The van der Waals surface area contributed by atoms with Crippen LogP contribution in [0.1, 0.15) is 35.2 Å². The van der Waals surface area contributed by atoms with Crippen LogP contribution in [0.5, 0.6) is 11.5 Å². The van der Waals surface area contributed by atoms with E-state index in [9.17, 15) is 13.2 Å². The zero-order chi connectivity index (χ0) is 24.1. The summed E-state index contributed by atoms with van der Waals surface area (Å²) in [6.07, 6.45) is 4.31. The van der Waals surface area contributed by atoms with Crippen LogP contribution in [0.3, 0.4) is 0 Å². The number of para-hydroxylation sites is 1. The molecule has 3 aromatic rings. The predicted molar refractivity (Wildman–Crippen MR) is 128 cm³/mol. The first kappa shape index (κ1) is 23.8. The van der Waals surface area contributed by atoms with Crippen molar-refractivity contribution in [2.45, 2.75) is 30.7 Å². The van der Waals surface area contributed by atoms with Crippen molar-refractivity contribution < 1.29 is 22.7 Å². The van der Waals surface area contributed by atoms with Crippen molar-refractivity contribution in [2.24, 2.45) is 0 Å². The van der Waals surface area contributed by atoms with E-state index < -0.39 is 15.9 Å². The molecule has 2 heterocycles. The summed E-state index contributed by atoms with van der Waals surface area (Å²) in [6, 6.07) is 13.4. The van der Waals surface area contributed by atoms with E-state index in [0.29, 0.717) is 37.0 Å². The summed E-state index contributed by atoms with van der Waals surface area (Å²) in [4.78, 5) is 13.1. The van der Waals surface area contributed by atoms with Gasteiger partial charge < -0.3 is 14.8 Å². The van der Waals surface area contributed by atoms with Crippen LogP contribution in [0.4, 0.5) is 5.82 Å². The molecule has 10 heteroatoms. The first-order chi connectivity index (χ1) is 16.4. The average Bonchev–Trinajstić information content (AvgIpc) is 3.30. The largest absolute Gasteiger partial charge is 0.493 e. The number of carbonyl (C=O) groups is 1. The van der Waals surface area contributed by atoms with E-state index in [1.165, 1.54) is 16.4 Å². The van der Waals surface area contributed by atoms with E-state index in [1.807, 2.05) is 12.1 Å². The van der Waals surface area contributed by atoms with Crippen molar-refractivity contribution in [1.29, 1.82) is 0 Å². The molecule has 0 saturated carbocycles. The quantitative estimate of drug-likeness (QED) is 0.526. The number of piperidine rings is 1. The second-order valence-electron chi connectivity index (χ2n) is 7.97. The van der Waals surface area contributed by atoms with Gasteiger partial charge in [-0.2, -0.15) is 9.40 Å². The molecular formula is C24H28N4O5S. The lowest BCUT2D eigenvalue weighted by atomic mass is 10.2. The number of nitrogens with one attached hydrogen (secondary N) is 1. The Hall–Kier alpha value is -3.37. The zero-order valence-corrected chi connectivity index (χ0v) is 20.0. The zero-order valence-electron chi connectivity index (χ0n) is 19.2. The molecule has 1 saturated heterocycles. The molecule has 0 bridgehead atoms. The number of sulfonamides is 1. The monoisotopic (exact) mass is 484 g/mol. The van der Waals surface area contributed by atoms with Crippen molar-refractivity contribution in [3.05, 3.63) is 65.9 Å². The highest BCUT2D eigenvalue weighted by Gasteiger charge is 2.26. The Bertz CT molecular complexity index is 1270. The molecule has 0 spiro atoms. The van der Waals surface area contributed by atoms with Gasteiger partial charge in [0.05, 0.1) is 31.9 Å². The molecule has 9 nitrogen and oxygen atoms in total. The fraction of sp³-hybridized carbons (Fsp3) is 0.333. The van der Waals surface area contributed by atoms with E-state index in [2.05, 4.69) is 10.4 Å². The number of hydrogen-bond donors (Lipinski definition) is 1. The number of aromatic nitrogens is 2. The Morgan fingerprint density at radius 3 is 2.53 bits per heavy atom. The van der Waals surface area contributed by atoms with Crippen LogP contribution in [0.2, 0.25) is 0 Å². The smallest absolute Gasteiger partial charge is 0.256 e. The van der Waals surface area contributed by atoms with E-state index >= 15 is 0 Å². The van der Waals surface area contributed by atoms with Crippen LogP contribution < -0.4 is 14.8 Å². The molecule has 1 N–H and O–H groups in total. The fourth-order valence-corrected chi connectivity index (χ4v) is 5.61. The molecule has 34 heavy (non-hydrogen) atoms. The average molecular weight is 485 g/mol. The molecule has 1 fully saturated rings. The van der Waals surface area contributed by atoms with E-state index in [4.69, 9.17) is 9.47 Å². The third-order valence-electron chi connectivity index (χ3n) is 5.81. The molecule has 0 radical (unpaired) electrons. The van der Waals surface area contributed by atoms with Gasteiger partial charge in [-0.15, -0.1) is 0 Å². The minimum atomic E-state index is -3.63. The summed E-state index contributed by atoms with van der Waals surface area (Å²) >= 11 is 0. The van der Waals surface area contributed by atoms with Gasteiger partial charge in [0.1, 0.15) is 5.82 Å². The van der Waals surface area contributed by atoms with Crippen molar-refractivity contribution in [2.75, 3.05) is 32.6 Å². The van der Waals surface area contributed by atoms with E-state index in [-0.39, 0.29) is 10.5 Å². The highest BCUT2D eigenvalue weighted by atomic mass is 32.2. The molecule has 0 aliphatic carbocycles.